The summed E-state index contributed by atoms with van der Waals surface area (Å²) in [5, 5.41) is 0. The van der Waals surface area contributed by atoms with Gasteiger partial charge in [-0.15, -0.1) is 0 Å². The number of amides is 1. The first-order valence-electron chi connectivity index (χ1n) is 5.39. The quantitative estimate of drug-likeness (QED) is 0.584. The molecule has 17 heavy (non-hydrogen) atoms. The van der Waals surface area contributed by atoms with Gasteiger partial charge in [0.1, 0.15) is 5.69 Å². The van der Waals surface area contributed by atoms with Crippen LogP contribution >= 0.6 is 11.8 Å². The molecule has 3 N–H and O–H groups in total. The fourth-order valence-corrected chi connectivity index (χ4v) is 2.73. The number of hydrogen-bond donors (Lipinski definition) is 2. The Morgan fingerprint density at radius 2 is 2.47 bits per heavy atom. The Labute approximate surface area is 104 Å². The summed E-state index contributed by atoms with van der Waals surface area (Å²) < 4.78 is 0. The summed E-state index contributed by atoms with van der Waals surface area (Å²) in [5.41, 5.74) is 2.72. The molecule has 1 saturated heterocycles. The van der Waals surface area contributed by atoms with Crippen molar-refractivity contribution >= 4 is 23.5 Å². The van der Waals surface area contributed by atoms with Crippen molar-refractivity contribution < 1.29 is 4.79 Å². The minimum absolute atomic E-state index is 0.0811. The number of carbonyl (C=O) groups excluding carboxylic acids is 1. The summed E-state index contributed by atoms with van der Waals surface area (Å²) in [4.78, 5) is 22.1. The maximum atomic E-state index is 12.2. The number of nitrogens with one attached hydrogen (secondary N) is 1. The van der Waals surface area contributed by atoms with Gasteiger partial charge >= 0.3 is 0 Å². The highest BCUT2D eigenvalue weighted by Crippen LogP contribution is 2.18. The van der Waals surface area contributed by atoms with Gasteiger partial charge in [0.15, 0.2) is 5.82 Å². The average molecular weight is 253 g/mol. The summed E-state index contributed by atoms with van der Waals surface area (Å²) in [5.74, 6) is 7.50. The number of nitrogen functional groups attached to an aromatic ring is 1. The summed E-state index contributed by atoms with van der Waals surface area (Å²) in [7, 11) is 0. The van der Waals surface area contributed by atoms with E-state index in [1.807, 2.05) is 23.6 Å². The van der Waals surface area contributed by atoms with Crippen molar-refractivity contribution in [1.82, 2.24) is 14.9 Å². The van der Waals surface area contributed by atoms with Gasteiger partial charge in [-0.25, -0.2) is 10.8 Å². The van der Waals surface area contributed by atoms with Crippen molar-refractivity contribution in [2.75, 3.05) is 23.5 Å². The Balaban J connectivity index is 2.17. The van der Waals surface area contributed by atoms with Crippen LogP contribution in [0.4, 0.5) is 5.82 Å². The topological polar surface area (TPSA) is 84.1 Å². The van der Waals surface area contributed by atoms with E-state index < -0.39 is 0 Å². The molecule has 2 heterocycles. The molecule has 7 heteroatoms. The number of aromatic nitrogens is 2. The standard InChI is InChI=1S/C10H15N5OS/c1-7-6-17-3-2-15(7)10(16)8-4-12-5-9(13-8)14-11/h4-5,7H,2-3,6,11H2,1H3,(H,13,14). The lowest BCUT2D eigenvalue weighted by Crippen LogP contribution is -2.44. The lowest BCUT2D eigenvalue weighted by atomic mass is 10.2. The highest BCUT2D eigenvalue weighted by molar-refractivity contribution is 7.99. The summed E-state index contributed by atoms with van der Waals surface area (Å²) in [6.07, 6.45) is 2.95. The molecule has 6 nitrogen and oxygen atoms in total. The van der Waals surface area contributed by atoms with Crippen LogP contribution in [0.15, 0.2) is 12.4 Å². The van der Waals surface area contributed by atoms with Crippen LogP contribution in [0.5, 0.6) is 0 Å². The van der Waals surface area contributed by atoms with Gasteiger partial charge in [0.05, 0.1) is 12.4 Å². The number of nitrogens with two attached hydrogens (primary N) is 1. The Morgan fingerprint density at radius 1 is 1.65 bits per heavy atom. The number of carbonyl (C=O) groups is 1. The second-order valence-corrected chi connectivity index (χ2v) is 5.01. The van der Waals surface area contributed by atoms with Crippen LogP contribution in [0.25, 0.3) is 0 Å². The number of thioether (sulfide) groups is 1. The van der Waals surface area contributed by atoms with Gasteiger partial charge < -0.3 is 10.3 Å². The zero-order valence-electron chi connectivity index (χ0n) is 9.59. The molecule has 1 unspecified atom stereocenters. The number of nitrogens with zero attached hydrogens (tertiary/aromatic N) is 3. The molecule has 1 aliphatic rings. The van der Waals surface area contributed by atoms with Gasteiger partial charge in [-0.1, -0.05) is 0 Å². The van der Waals surface area contributed by atoms with E-state index in [2.05, 4.69) is 15.4 Å². The number of anilines is 1. The SMILES string of the molecule is CC1CSCCN1C(=O)c1cncc(NN)n1. The second kappa shape index (κ2) is 5.33. The Hall–Kier alpha value is -1.34. The maximum Gasteiger partial charge on any atom is 0.274 e. The Morgan fingerprint density at radius 3 is 3.18 bits per heavy atom. The third-order valence-corrected chi connectivity index (χ3v) is 3.82. The van der Waals surface area contributed by atoms with E-state index in [-0.39, 0.29) is 11.9 Å². The lowest BCUT2D eigenvalue weighted by Gasteiger charge is -2.32. The highest BCUT2D eigenvalue weighted by Gasteiger charge is 2.25. The van der Waals surface area contributed by atoms with Crippen LogP contribution in [-0.2, 0) is 0 Å². The van der Waals surface area contributed by atoms with Crippen molar-refractivity contribution in [3.05, 3.63) is 18.1 Å². The van der Waals surface area contributed by atoms with E-state index in [4.69, 9.17) is 5.84 Å². The molecule has 1 aromatic heterocycles. The predicted molar refractivity (Wildman–Crippen MR) is 67.7 cm³/mol. The van der Waals surface area contributed by atoms with Gasteiger partial charge in [0.25, 0.3) is 5.91 Å². The van der Waals surface area contributed by atoms with Gasteiger partial charge in [0, 0.05) is 24.1 Å². The van der Waals surface area contributed by atoms with Crippen LogP contribution in [-0.4, -0.2) is 44.9 Å². The molecular formula is C10H15N5OS. The minimum Gasteiger partial charge on any atom is -0.333 e. The molecule has 0 spiro atoms. The molecule has 0 aliphatic carbocycles. The average Bonchev–Trinajstić information content (AvgIpc) is 2.38. The first-order valence-corrected chi connectivity index (χ1v) is 6.55. The zero-order chi connectivity index (χ0) is 12.3. The third kappa shape index (κ3) is 2.67. The molecule has 92 valence electrons. The molecule has 1 aromatic rings. The number of hydrogen-bond acceptors (Lipinski definition) is 6. The molecule has 1 fully saturated rings. The molecule has 0 radical (unpaired) electrons. The minimum atomic E-state index is -0.0811. The summed E-state index contributed by atoms with van der Waals surface area (Å²) >= 11 is 1.86. The van der Waals surface area contributed by atoms with Crippen LogP contribution in [0, 0.1) is 0 Å². The van der Waals surface area contributed by atoms with Crippen molar-refractivity contribution in [3.63, 3.8) is 0 Å². The van der Waals surface area contributed by atoms with Crippen LogP contribution < -0.4 is 11.3 Å². The monoisotopic (exact) mass is 253 g/mol. The van der Waals surface area contributed by atoms with E-state index in [1.54, 1.807) is 0 Å². The highest BCUT2D eigenvalue weighted by atomic mass is 32.2. The summed E-state index contributed by atoms with van der Waals surface area (Å²) in [6.45, 7) is 2.80. The van der Waals surface area contributed by atoms with E-state index in [0.29, 0.717) is 11.5 Å². The van der Waals surface area contributed by atoms with E-state index in [9.17, 15) is 4.79 Å². The van der Waals surface area contributed by atoms with Crippen molar-refractivity contribution in [2.24, 2.45) is 5.84 Å². The van der Waals surface area contributed by atoms with Crippen molar-refractivity contribution in [3.8, 4) is 0 Å². The smallest absolute Gasteiger partial charge is 0.274 e. The summed E-state index contributed by atoms with van der Waals surface area (Å²) in [6, 6.07) is 0.234. The maximum absolute atomic E-state index is 12.2. The van der Waals surface area contributed by atoms with Crippen molar-refractivity contribution in [2.45, 2.75) is 13.0 Å². The van der Waals surface area contributed by atoms with Gasteiger partial charge in [-0.2, -0.15) is 11.8 Å². The molecule has 1 amide bonds. The van der Waals surface area contributed by atoms with Crippen LogP contribution in [0.2, 0.25) is 0 Å². The fraction of sp³-hybridized carbons (Fsp3) is 0.500. The molecular weight excluding hydrogens is 238 g/mol. The van der Waals surface area contributed by atoms with E-state index in [0.717, 1.165) is 18.1 Å². The predicted octanol–water partition coefficient (Wildman–Crippen LogP) is 0.340. The molecule has 1 aliphatic heterocycles. The number of hydrazine groups is 1. The van der Waals surface area contributed by atoms with Crippen molar-refractivity contribution in [1.29, 1.82) is 0 Å². The molecule has 0 bridgehead atoms. The zero-order valence-corrected chi connectivity index (χ0v) is 10.4. The third-order valence-electron chi connectivity index (χ3n) is 2.63. The largest absolute Gasteiger partial charge is 0.333 e. The first-order chi connectivity index (χ1) is 8.22. The molecule has 0 saturated carbocycles. The van der Waals surface area contributed by atoms with E-state index in [1.165, 1.54) is 12.4 Å². The van der Waals surface area contributed by atoms with Crippen LogP contribution in [0.3, 0.4) is 0 Å². The van der Waals surface area contributed by atoms with Crippen LogP contribution in [0.1, 0.15) is 17.4 Å². The Bertz CT molecular complexity index is 413. The Kier molecular flexibility index (Phi) is 3.80. The van der Waals surface area contributed by atoms with Gasteiger partial charge in [-0.05, 0) is 6.92 Å². The molecule has 1 atom stereocenters. The normalized spacial score (nSPS) is 20.1. The second-order valence-electron chi connectivity index (χ2n) is 3.86. The van der Waals surface area contributed by atoms with Gasteiger partial charge in [0.2, 0.25) is 0 Å². The molecule has 2 rings (SSSR count). The number of rotatable bonds is 2. The fourth-order valence-electron chi connectivity index (χ4n) is 1.71. The molecule has 0 aromatic carbocycles. The lowest BCUT2D eigenvalue weighted by molar-refractivity contribution is 0.0709. The van der Waals surface area contributed by atoms with E-state index >= 15 is 0 Å². The first kappa shape index (κ1) is 12.1. The van der Waals surface area contributed by atoms with Gasteiger partial charge in [-0.3, -0.25) is 9.78 Å².